The summed E-state index contributed by atoms with van der Waals surface area (Å²) < 4.78 is 0. The largest absolute Gasteiger partial charge is 0.388 e. The molecule has 0 aliphatic carbocycles. The molecular weight excluding hydrogens is 222 g/mol. The van der Waals surface area contributed by atoms with Crippen LogP contribution in [-0.4, -0.2) is 18.2 Å². The molecule has 1 aromatic rings. The Labute approximate surface area is 102 Å². The Morgan fingerprint density at radius 1 is 1.25 bits per heavy atom. The SMILES string of the molecule is O[C@H](CC1CCNCC1)c1ccc(Cl)cc1. The molecule has 3 heteroatoms. The van der Waals surface area contributed by atoms with E-state index in [1.54, 1.807) is 0 Å². The summed E-state index contributed by atoms with van der Waals surface area (Å²) in [6, 6.07) is 7.49. The van der Waals surface area contributed by atoms with Crippen LogP contribution in [0.3, 0.4) is 0 Å². The molecule has 0 radical (unpaired) electrons. The summed E-state index contributed by atoms with van der Waals surface area (Å²) in [5, 5.41) is 14.2. The van der Waals surface area contributed by atoms with Crippen LogP contribution in [0.1, 0.15) is 30.9 Å². The number of hydrogen-bond donors (Lipinski definition) is 2. The molecule has 88 valence electrons. The van der Waals surface area contributed by atoms with E-state index in [1.165, 1.54) is 12.8 Å². The monoisotopic (exact) mass is 239 g/mol. The summed E-state index contributed by atoms with van der Waals surface area (Å²) in [7, 11) is 0. The highest BCUT2D eigenvalue weighted by Gasteiger charge is 2.18. The fourth-order valence-electron chi connectivity index (χ4n) is 2.25. The minimum Gasteiger partial charge on any atom is -0.388 e. The average molecular weight is 240 g/mol. The van der Waals surface area contributed by atoms with Crippen molar-refractivity contribution in [3.8, 4) is 0 Å². The van der Waals surface area contributed by atoms with Crippen molar-refractivity contribution >= 4 is 11.6 Å². The lowest BCUT2D eigenvalue weighted by Gasteiger charge is -2.24. The lowest BCUT2D eigenvalue weighted by atomic mass is 9.90. The maximum atomic E-state index is 10.1. The maximum Gasteiger partial charge on any atom is 0.0792 e. The van der Waals surface area contributed by atoms with E-state index < -0.39 is 0 Å². The van der Waals surface area contributed by atoms with Crippen molar-refractivity contribution in [1.29, 1.82) is 0 Å². The molecule has 1 aliphatic heterocycles. The highest BCUT2D eigenvalue weighted by atomic mass is 35.5. The van der Waals surface area contributed by atoms with Crippen LogP contribution < -0.4 is 5.32 Å². The minimum absolute atomic E-state index is 0.347. The Morgan fingerprint density at radius 2 is 1.88 bits per heavy atom. The van der Waals surface area contributed by atoms with Crippen molar-refractivity contribution in [2.45, 2.75) is 25.4 Å². The lowest BCUT2D eigenvalue weighted by Crippen LogP contribution is -2.28. The minimum atomic E-state index is -0.347. The molecule has 0 saturated carbocycles. The van der Waals surface area contributed by atoms with Crippen LogP contribution in [0.5, 0.6) is 0 Å². The van der Waals surface area contributed by atoms with Crippen molar-refractivity contribution in [3.63, 3.8) is 0 Å². The summed E-state index contributed by atoms with van der Waals surface area (Å²) in [6.07, 6.45) is 2.86. The Bertz CT molecular complexity index is 319. The van der Waals surface area contributed by atoms with Gasteiger partial charge in [0.1, 0.15) is 0 Å². The summed E-state index contributed by atoms with van der Waals surface area (Å²) in [5.41, 5.74) is 0.975. The molecule has 2 N–H and O–H groups in total. The third kappa shape index (κ3) is 3.21. The molecule has 0 spiro atoms. The fourth-order valence-corrected chi connectivity index (χ4v) is 2.38. The zero-order valence-corrected chi connectivity index (χ0v) is 10.1. The molecule has 0 amide bonds. The van der Waals surface area contributed by atoms with E-state index in [2.05, 4.69) is 5.32 Å². The Kier molecular flexibility index (Phi) is 4.22. The number of benzene rings is 1. The molecule has 1 fully saturated rings. The van der Waals surface area contributed by atoms with Crippen LogP contribution in [-0.2, 0) is 0 Å². The second-order valence-corrected chi connectivity index (χ2v) is 4.93. The molecule has 0 aromatic heterocycles. The molecule has 1 aliphatic rings. The number of piperidine rings is 1. The number of hydrogen-bond acceptors (Lipinski definition) is 2. The third-order valence-corrected chi connectivity index (χ3v) is 3.52. The number of halogens is 1. The van der Waals surface area contributed by atoms with E-state index in [1.807, 2.05) is 24.3 Å². The van der Waals surface area contributed by atoms with Gasteiger partial charge < -0.3 is 10.4 Å². The molecule has 1 saturated heterocycles. The van der Waals surface area contributed by atoms with Gasteiger partial charge >= 0.3 is 0 Å². The molecule has 1 atom stereocenters. The molecule has 0 unspecified atom stereocenters. The van der Waals surface area contributed by atoms with Gasteiger partial charge in [-0.3, -0.25) is 0 Å². The predicted molar refractivity (Wildman–Crippen MR) is 66.6 cm³/mol. The van der Waals surface area contributed by atoms with E-state index in [-0.39, 0.29) is 6.10 Å². The Balaban J connectivity index is 1.91. The highest BCUT2D eigenvalue weighted by Crippen LogP contribution is 2.26. The number of nitrogens with one attached hydrogen (secondary N) is 1. The first kappa shape index (κ1) is 11.9. The van der Waals surface area contributed by atoms with Gasteiger partial charge in [0.15, 0.2) is 0 Å². The van der Waals surface area contributed by atoms with E-state index in [9.17, 15) is 5.11 Å². The molecule has 16 heavy (non-hydrogen) atoms. The number of aliphatic hydroxyl groups is 1. The summed E-state index contributed by atoms with van der Waals surface area (Å²) in [4.78, 5) is 0. The van der Waals surface area contributed by atoms with E-state index in [4.69, 9.17) is 11.6 Å². The molecule has 0 bridgehead atoms. The summed E-state index contributed by atoms with van der Waals surface area (Å²) >= 11 is 5.82. The van der Waals surface area contributed by atoms with Crippen LogP contribution in [0.4, 0.5) is 0 Å². The second-order valence-electron chi connectivity index (χ2n) is 4.50. The normalized spacial score (nSPS) is 19.6. The molecule has 2 rings (SSSR count). The van der Waals surface area contributed by atoms with Gasteiger partial charge in [-0.15, -0.1) is 0 Å². The molecular formula is C13H18ClNO. The highest BCUT2D eigenvalue weighted by molar-refractivity contribution is 6.30. The van der Waals surface area contributed by atoms with Crippen molar-refractivity contribution in [2.75, 3.05) is 13.1 Å². The van der Waals surface area contributed by atoms with Crippen LogP contribution >= 0.6 is 11.6 Å². The maximum absolute atomic E-state index is 10.1. The Morgan fingerprint density at radius 3 is 2.50 bits per heavy atom. The topological polar surface area (TPSA) is 32.3 Å². The van der Waals surface area contributed by atoms with Crippen molar-refractivity contribution < 1.29 is 5.11 Å². The number of rotatable bonds is 3. The van der Waals surface area contributed by atoms with Crippen LogP contribution in [0.2, 0.25) is 5.02 Å². The van der Waals surface area contributed by atoms with Gasteiger partial charge in [-0.25, -0.2) is 0 Å². The van der Waals surface area contributed by atoms with Crippen LogP contribution in [0.25, 0.3) is 0 Å². The van der Waals surface area contributed by atoms with E-state index >= 15 is 0 Å². The van der Waals surface area contributed by atoms with E-state index in [0.29, 0.717) is 5.92 Å². The van der Waals surface area contributed by atoms with Crippen LogP contribution in [0.15, 0.2) is 24.3 Å². The van der Waals surface area contributed by atoms with Gasteiger partial charge in [0, 0.05) is 5.02 Å². The zero-order valence-electron chi connectivity index (χ0n) is 9.32. The standard InChI is InChI=1S/C13H18ClNO/c14-12-3-1-11(2-4-12)13(16)9-10-5-7-15-8-6-10/h1-4,10,13,15-16H,5-9H2/t13-/m1/s1. The predicted octanol–water partition coefficient (Wildman–Crippen LogP) is 2.76. The fraction of sp³-hybridized carbons (Fsp3) is 0.538. The smallest absolute Gasteiger partial charge is 0.0792 e. The van der Waals surface area contributed by atoms with Gasteiger partial charge in [0.05, 0.1) is 6.10 Å². The van der Waals surface area contributed by atoms with Crippen molar-refractivity contribution in [3.05, 3.63) is 34.9 Å². The van der Waals surface area contributed by atoms with Crippen molar-refractivity contribution in [2.24, 2.45) is 5.92 Å². The van der Waals surface area contributed by atoms with Gasteiger partial charge in [0.25, 0.3) is 0 Å². The van der Waals surface area contributed by atoms with Gasteiger partial charge in [-0.05, 0) is 56.0 Å². The third-order valence-electron chi connectivity index (χ3n) is 3.27. The first-order valence-electron chi connectivity index (χ1n) is 5.90. The lowest BCUT2D eigenvalue weighted by molar-refractivity contribution is 0.133. The van der Waals surface area contributed by atoms with Gasteiger partial charge in [-0.1, -0.05) is 23.7 Å². The summed E-state index contributed by atoms with van der Waals surface area (Å²) in [5.74, 6) is 0.645. The molecule has 1 aromatic carbocycles. The number of aliphatic hydroxyl groups excluding tert-OH is 1. The van der Waals surface area contributed by atoms with Crippen LogP contribution in [0, 0.1) is 5.92 Å². The van der Waals surface area contributed by atoms with Gasteiger partial charge in [-0.2, -0.15) is 0 Å². The molecule has 2 nitrogen and oxygen atoms in total. The zero-order chi connectivity index (χ0) is 11.4. The first-order valence-corrected chi connectivity index (χ1v) is 6.28. The quantitative estimate of drug-likeness (QED) is 0.850. The average Bonchev–Trinajstić information content (AvgIpc) is 2.31. The van der Waals surface area contributed by atoms with E-state index in [0.717, 1.165) is 30.1 Å². The molecule has 1 heterocycles. The summed E-state index contributed by atoms with van der Waals surface area (Å²) in [6.45, 7) is 2.16. The van der Waals surface area contributed by atoms with Gasteiger partial charge in [0.2, 0.25) is 0 Å². The Hall–Kier alpha value is -0.570. The second kappa shape index (κ2) is 5.67. The first-order chi connectivity index (χ1) is 7.75. The van der Waals surface area contributed by atoms with Crippen molar-refractivity contribution in [1.82, 2.24) is 5.32 Å².